The lowest BCUT2D eigenvalue weighted by Gasteiger charge is -2.38. The minimum Gasteiger partial charge on any atom is -0.497 e. The van der Waals surface area contributed by atoms with Crippen LogP contribution in [0.15, 0.2) is 29.3 Å². The first-order valence-corrected chi connectivity index (χ1v) is 11.3. The van der Waals surface area contributed by atoms with Gasteiger partial charge >= 0.3 is 0 Å². The van der Waals surface area contributed by atoms with E-state index in [1.54, 1.807) is 7.11 Å². The van der Waals surface area contributed by atoms with Crippen molar-refractivity contribution in [3.8, 4) is 5.75 Å². The summed E-state index contributed by atoms with van der Waals surface area (Å²) < 4.78 is 5.38. The van der Waals surface area contributed by atoms with Crippen LogP contribution in [0, 0.1) is 5.92 Å². The van der Waals surface area contributed by atoms with Gasteiger partial charge in [-0.05, 0) is 58.2 Å². The minimum atomic E-state index is 0. The van der Waals surface area contributed by atoms with Crippen molar-refractivity contribution in [1.82, 2.24) is 15.1 Å². The van der Waals surface area contributed by atoms with Crippen molar-refractivity contribution >= 4 is 35.6 Å². The molecule has 2 aliphatic rings. The fourth-order valence-corrected chi connectivity index (χ4v) is 4.34. The van der Waals surface area contributed by atoms with Crippen molar-refractivity contribution in [3.63, 3.8) is 0 Å². The van der Waals surface area contributed by atoms with Gasteiger partial charge in [-0.15, -0.1) is 24.0 Å². The van der Waals surface area contributed by atoms with Gasteiger partial charge in [0.15, 0.2) is 5.96 Å². The molecule has 3 rings (SSSR count). The molecule has 2 saturated heterocycles. The number of hydrogen-bond donors (Lipinski definition) is 1. The molecule has 0 aromatic heterocycles. The van der Waals surface area contributed by atoms with Crippen LogP contribution in [0.2, 0.25) is 0 Å². The zero-order valence-electron chi connectivity index (χ0n) is 19.1. The number of methoxy groups -OCH3 is 1. The second-order valence-electron chi connectivity index (χ2n) is 8.47. The van der Waals surface area contributed by atoms with E-state index in [4.69, 9.17) is 9.73 Å². The topological polar surface area (TPSA) is 43.3 Å². The number of halogens is 1. The predicted molar refractivity (Wildman–Crippen MR) is 138 cm³/mol. The van der Waals surface area contributed by atoms with Gasteiger partial charge in [-0.1, -0.05) is 6.07 Å². The molecule has 0 amide bonds. The molecule has 170 valence electrons. The first-order chi connectivity index (χ1) is 14.1. The van der Waals surface area contributed by atoms with E-state index >= 15 is 0 Å². The molecule has 2 heterocycles. The Bertz CT molecular complexity index is 661. The van der Waals surface area contributed by atoms with E-state index in [9.17, 15) is 0 Å². The predicted octanol–water partition coefficient (Wildman–Crippen LogP) is 3.52. The van der Waals surface area contributed by atoms with E-state index in [0.29, 0.717) is 12.0 Å². The van der Waals surface area contributed by atoms with E-state index in [1.165, 1.54) is 31.6 Å². The smallest absolute Gasteiger partial charge is 0.194 e. The lowest BCUT2D eigenvalue weighted by molar-refractivity contribution is 0.143. The quantitative estimate of drug-likeness (QED) is 0.347. The first kappa shape index (κ1) is 25.0. The van der Waals surface area contributed by atoms with Gasteiger partial charge in [-0.25, -0.2) is 0 Å². The monoisotopic (exact) mass is 529 g/mol. The number of piperazine rings is 1. The largest absolute Gasteiger partial charge is 0.497 e. The van der Waals surface area contributed by atoms with Gasteiger partial charge in [0.25, 0.3) is 0 Å². The molecule has 7 heteroatoms. The molecule has 1 unspecified atom stereocenters. The summed E-state index contributed by atoms with van der Waals surface area (Å²) in [6, 6.07) is 9.00. The summed E-state index contributed by atoms with van der Waals surface area (Å²) in [4.78, 5) is 12.5. The van der Waals surface area contributed by atoms with Crippen molar-refractivity contribution < 1.29 is 4.74 Å². The number of aliphatic imine (C=N–C) groups is 1. The maximum Gasteiger partial charge on any atom is 0.194 e. The number of nitrogens with zero attached hydrogens (tertiary/aromatic N) is 4. The highest BCUT2D eigenvalue weighted by molar-refractivity contribution is 14.0. The number of guanidine groups is 1. The molecule has 2 fully saturated rings. The second-order valence-corrected chi connectivity index (χ2v) is 8.47. The van der Waals surface area contributed by atoms with Gasteiger partial charge in [0.05, 0.1) is 7.11 Å². The van der Waals surface area contributed by atoms with Gasteiger partial charge < -0.3 is 24.8 Å². The molecule has 1 atom stereocenters. The molecule has 30 heavy (non-hydrogen) atoms. The average molecular weight is 530 g/mol. The van der Waals surface area contributed by atoms with Crippen LogP contribution in [0.4, 0.5) is 5.69 Å². The van der Waals surface area contributed by atoms with E-state index in [-0.39, 0.29) is 24.0 Å². The van der Waals surface area contributed by atoms with Gasteiger partial charge in [0.2, 0.25) is 0 Å². The van der Waals surface area contributed by atoms with E-state index in [1.807, 2.05) is 6.07 Å². The summed E-state index contributed by atoms with van der Waals surface area (Å²) in [5.41, 5.74) is 1.24. The second kappa shape index (κ2) is 12.6. The number of likely N-dealkylation sites (tertiary alicyclic amines) is 1. The van der Waals surface area contributed by atoms with Crippen molar-refractivity contribution in [2.24, 2.45) is 10.9 Å². The van der Waals surface area contributed by atoms with Crippen molar-refractivity contribution in [3.05, 3.63) is 24.3 Å². The SMILES string of the molecule is CCNC(=NCC1CCCN(C(C)C)C1)N1CCN(c2cccc(OC)c2)CC1.I. The molecular formula is C23H40IN5O. The Morgan fingerprint density at radius 2 is 1.97 bits per heavy atom. The standard InChI is InChI=1S/C23H39N5O.HI/c1-5-24-23(25-17-20-8-7-11-28(18-20)19(2)3)27-14-12-26(13-15-27)21-9-6-10-22(16-21)29-4;/h6,9-10,16,19-20H,5,7-8,11-15,17-18H2,1-4H3,(H,24,25);1H. The number of benzene rings is 1. The normalized spacial score (nSPS) is 20.8. The molecule has 1 aromatic rings. The fraction of sp³-hybridized carbons (Fsp3) is 0.696. The van der Waals surface area contributed by atoms with Crippen LogP contribution in [0.5, 0.6) is 5.75 Å². The zero-order chi connectivity index (χ0) is 20.6. The Labute approximate surface area is 200 Å². The summed E-state index contributed by atoms with van der Waals surface area (Å²) in [6.45, 7) is 15.0. The highest BCUT2D eigenvalue weighted by Gasteiger charge is 2.23. The van der Waals surface area contributed by atoms with Crippen LogP contribution in [0.1, 0.15) is 33.6 Å². The summed E-state index contributed by atoms with van der Waals surface area (Å²) in [6.07, 6.45) is 2.60. The Balaban J connectivity index is 0.00000320. The van der Waals surface area contributed by atoms with Crippen molar-refractivity contribution in [1.29, 1.82) is 0 Å². The van der Waals surface area contributed by atoms with Gasteiger partial charge in [0, 0.05) is 63.6 Å². The third-order valence-electron chi connectivity index (χ3n) is 6.11. The number of anilines is 1. The molecule has 2 aliphatic heterocycles. The molecule has 1 N–H and O–H groups in total. The highest BCUT2D eigenvalue weighted by Crippen LogP contribution is 2.22. The molecule has 0 aliphatic carbocycles. The molecule has 0 bridgehead atoms. The molecule has 1 aromatic carbocycles. The number of rotatable bonds is 6. The number of piperidine rings is 1. The Morgan fingerprint density at radius 3 is 2.63 bits per heavy atom. The van der Waals surface area contributed by atoms with Crippen molar-refractivity contribution in [2.45, 2.75) is 39.7 Å². The summed E-state index contributed by atoms with van der Waals surface area (Å²) in [7, 11) is 1.73. The van der Waals surface area contributed by atoms with Gasteiger partial charge in [-0.2, -0.15) is 0 Å². The molecule has 0 radical (unpaired) electrons. The third-order valence-corrected chi connectivity index (χ3v) is 6.11. The van der Waals surface area contributed by atoms with Gasteiger partial charge in [0.1, 0.15) is 5.75 Å². The lowest BCUT2D eigenvalue weighted by atomic mass is 9.97. The van der Waals surface area contributed by atoms with E-state index in [0.717, 1.165) is 51.0 Å². The summed E-state index contributed by atoms with van der Waals surface area (Å²) in [5.74, 6) is 2.68. The number of ether oxygens (including phenoxy) is 1. The lowest BCUT2D eigenvalue weighted by Crippen LogP contribution is -2.52. The van der Waals surface area contributed by atoms with Crippen LogP contribution in [-0.4, -0.2) is 81.3 Å². The number of nitrogens with one attached hydrogen (secondary N) is 1. The Kier molecular flexibility index (Phi) is 10.5. The van der Waals surface area contributed by atoms with Crippen LogP contribution in [0.25, 0.3) is 0 Å². The maximum absolute atomic E-state index is 5.38. The van der Waals surface area contributed by atoms with Gasteiger partial charge in [-0.3, -0.25) is 4.99 Å². The van der Waals surface area contributed by atoms with Crippen LogP contribution in [-0.2, 0) is 0 Å². The van der Waals surface area contributed by atoms with Crippen molar-refractivity contribution in [2.75, 3.05) is 64.4 Å². The maximum atomic E-state index is 5.38. The zero-order valence-corrected chi connectivity index (χ0v) is 21.5. The summed E-state index contributed by atoms with van der Waals surface area (Å²) in [5, 5.41) is 3.52. The van der Waals surface area contributed by atoms with Crippen LogP contribution in [0.3, 0.4) is 0 Å². The fourth-order valence-electron chi connectivity index (χ4n) is 4.34. The first-order valence-electron chi connectivity index (χ1n) is 11.3. The van der Waals surface area contributed by atoms with Crippen LogP contribution < -0.4 is 15.0 Å². The minimum absolute atomic E-state index is 0. The molecule has 0 saturated carbocycles. The summed E-state index contributed by atoms with van der Waals surface area (Å²) >= 11 is 0. The van der Waals surface area contributed by atoms with E-state index < -0.39 is 0 Å². The average Bonchev–Trinajstić information content (AvgIpc) is 2.77. The number of hydrogen-bond acceptors (Lipinski definition) is 4. The Hall–Kier alpha value is -1.22. The molecule has 6 nitrogen and oxygen atoms in total. The molecular weight excluding hydrogens is 489 g/mol. The third kappa shape index (κ3) is 6.90. The molecule has 0 spiro atoms. The Morgan fingerprint density at radius 1 is 1.20 bits per heavy atom. The highest BCUT2D eigenvalue weighted by atomic mass is 127. The van der Waals surface area contributed by atoms with E-state index in [2.05, 4.69) is 59.0 Å². The van der Waals surface area contributed by atoms with Crippen LogP contribution >= 0.6 is 24.0 Å².